The number of hydrogen-bond donors (Lipinski definition) is 1. The van der Waals surface area contributed by atoms with Crippen LogP contribution >= 0.6 is 0 Å². The maximum atomic E-state index is 9.42. The largest absolute Gasteiger partial charge is 0.512 e. The van der Waals surface area contributed by atoms with Crippen molar-refractivity contribution in [1.29, 1.82) is 0 Å². The number of aliphatic hydroxyl groups is 1. The van der Waals surface area contributed by atoms with E-state index in [0.717, 1.165) is 24.7 Å². The predicted octanol–water partition coefficient (Wildman–Crippen LogP) is 4.47. The first-order valence-electron chi connectivity index (χ1n) is 6.28. The van der Waals surface area contributed by atoms with E-state index in [-0.39, 0.29) is 0 Å². The SMILES string of the molecule is CC.CC1CC=C2C=C(O)CCC2C1C. The van der Waals surface area contributed by atoms with Crippen LogP contribution in [0.4, 0.5) is 0 Å². The Bertz CT molecular complexity index is 263. The van der Waals surface area contributed by atoms with E-state index in [2.05, 4.69) is 19.9 Å². The second-order valence-electron chi connectivity index (χ2n) is 4.56. The van der Waals surface area contributed by atoms with Gasteiger partial charge in [-0.05, 0) is 42.2 Å². The highest BCUT2D eigenvalue weighted by atomic mass is 16.3. The molecule has 3 unspecified atom stereocenters. The fraction of sp³-hybridized carbons (Fsp3) is 0.714. The molecule has 2 aliphatic carbocycles. The van der Waals surface area contributed by atoms with Crippen molar-refractivity contribution in [2.24, 2.45) is 17.8 Å². The van der Waals surface area contributed by atoms with Crippen LogP contribution in [-0.4, -0.2) is 5.11 Å². The standard InChI is InChI=1S/C12H18O.C2H6/c1-8-3-4-10-7-11(13)5-6-12(10)9(8)2;1-2/h4,7-9,12-13H,3,5-6H2,1-2H3;1-2H3. The Morgan fingerprint density at radius 2 is 1.93 bits per heavy atom. The number of aliphatic hydroxyl groups excluding tert-OH is 1. The van der Waals surface area contributed by atoms with Gasteiger partial charge in [0.15, 0.2) is 0 Å². The number of allylic oxidation sites excluding steroid dienone is 4. The highest BCUT2D eigenvalue weighted by molar-refractivity contribution is 5.29. The van der Waals surface area contributed by atoms with Crippen molar-refractivity contribution in [2.75, 3.05) is 0 Å². The molecule has 0 saturated heterocycles. The van der Waals surface area contributed by atoms with Gasteiger partial charge < -0.3 is 5.11 Å². The van der Waals surface area contributed by atoms with Gasteiger partial charge in [0.05, 0.1) is 5.76 Å². The number of hydrogen-bond acceptors (Lipinski definition) is 1. The van der Waals surface area contributed by atoms with Crippen LogP contribution in [0.2, 0.25) is 0 Å². The van der Waals surface area contributed by atoms with Crippen molar-refractivity contribution in [2.45, 2.75) is 47.0 Å². The topological polar surface area (TPSA) is 20.2 Å². The first kappa shape index (κ1) is 12.4. The monoisotopic (exact) mass is 208 g/mol. The molecule has 86 valence electrons. The van der Waals surface area contributed by atoms with Crippen LogP contribution in [0.15, 0.2) is 23.5 Å². The average Bonchev–Trinajstić information content (AvgIpc) is 2.26. The van der Waals surface area contributed by atoms with Gasteiger partial charge >= 0.3 is 0 Å². The van der Waals surface area contributed by atoms with Gasteiger partial charge in [0.25, 0.3) is 0 Å². The van der Waals surface area contributed by atoms with E-state index >= 15 is 0 Å². The van der Waals surface area contributed by atoms with Gasteiger partial charge in [0.2, 0.25) is 0 Å². The molecule has 0 amide bonds. The molecule has 1 N–H and O–H groups in total. The summed E-state index contributed by atoms with van der Waals surface area (Å²) in [5.41, 5.74) is 1.38. The minimum Gasteiger partial charge on any atom is -0.512 e. The van der Waals surface area contributed by atoms with Gasteiger partial charge in [-0.15, -0.1) is 0 Å². The van der Waals surface area contributed by atoms with Gasteiger partial charge in [-0.3, -0.25) is 0 Å². The zero-order valence-corrected chi connectivity index (χ0v) is 10.5. The molecule has 0 saturated carbocycles. The minimum atomic E-state index is 0.573. The molecule has 0 aromatic rings. The first-order chi connectivity index (χ1) is 7.18. The average molecular weight is 208 g/mol. The van der Waals surface area contributed by atoms with Crippen LogP contribution in [0.25, 0.3) is 0 Å². The molecule has 2 aliphatic rings. The maximum Gasteiger partial charge on any atom is 0.0925 e. The summed E-state index contributed by atoms with van der Waals surface area (Å²) in [6, 6.07) is 0. The van der Waals surface area contributed by atoms with Crippen LogP contribution in [-0.2, 0) is 0 Å². The Morgan fingerprint density at radius 1 is 1.27 bits per heavy atom. The second-order valence-corrected chi connectivity index (χ2v) is 4.56. The van der Waals surface area contributed by atoms with Crippen molar-refractivity contribution in [3.8, 4) is 0 Å². The summed E-state index contributed by atoms with van der Waals surface area (Å²) in [6.07, 6.45) is 7.48. The van der Waals surface area contributed by atoms with Gasteiger partial charge in [-0.2, -0.15) is 0 Å². The summed E-state index contributed by atoms with van der Waals surface area (Å²) in [4.78, 5) is 0. The molecular weight excluding hydrogens is 184 g/mol. The van der Waals surface area contributed by atoms with E-state index in [0.29, 0.717) is 11.7 Å². The molecule has 2 rings (SSSR count). The fourth-order valence-electron chi connectivity index (χ4n) is 2.55. The molecule has 1 nitrogen and oxygen atoms in total. The Hall–Kier alpha value is -0.720. The molecule has 0 aromatic carbocycles. The first-order valence-corrected chi connectivity index (χ1v) is 6.28. The quantitative estimate of drug-likeness (QED) is 0.623. The molecule has 0 fully saturated rings. The third-order valence-electron chi connectivity index (χ3n) is 3.73. The third kappa shape index (κ3) is 2.64. The van der Waals surface area contributed by atoms with Crippen LogP contribution < -0.4 is 0 Å². The summed E-state index contributed by atoms with van der Waals surface area (Å²) >= 11 is 0. The van der Waals surface area contributed by atoms with Crippen molar-refractivity contribution in [1.82, 2.24) is 0 Å². The van der Waals surface area contributed by atoms with Gasteiger partial charge in [-0.25, -0.2) is 0 Å². The number of rotatable bonds is 0. The highest BCUT2D eigenvalue weighted by Gasteiger charge is 2.30. The zero-order chi connectivity index (χ0) is 11.4. The molecule has 0 aliphatic heterocycles. The molecule has 0 bridgehead atoms. The van der Waals surface area contributed by atoms with E-state index in [1.165, 1.54) is 12.0 Å². The fourth-order valence-corrected chi connectivity index (χ4v) is 2.55. The summed E-state index contributed by atoms with van der Waals surface area (Å²) < 4.78 is 0. The van der Waals surface area contributed by atoms with Crippen LogP contribution in [0.3, 0.4) is 0 Å². The molecule has 15 heavy (non-hydrogen) atoms. The molecule has 3 atom stereocenters. The van der Waals surface area contributed by atoms with Crippen LogP contribution in [0.5, 0.6) is 0 Å². The summed E-state index contributed by atoms with van der Waals surface area (Å²) in [5.74, 6) is 2.87. The summed E-state index contributed by atoms with van der Waals surface area (Å²) in [6.45, 7) is 8.68. The Balaban J connectivity index is 0.000000531. The van der Waals surface area contributed by atoms with Gasteiger partial charge in [-0.1, -0.05) is 33.8 Å². The normalized spacial score (nSPS) is 34.3. The van der Waals surface area contributed by atoms with Crippen molar-refractivity contribution < 1.29 is 5.11 Å². The predicted molar refractivity (Wildman–Crippen MR) is 65.8 cm³/mol. The van der Waals surface area contributed by atoms with E-state index in [4.69, 9.17) is 0 Å². The van der Waals surface area contributed by atoms with E-state index < -0.39 is 0 Å². The molecule has 0 aromatic heterocycles. The number of fused-ring (bicyclic) bond motifs is 1. The lowest BCUT2D eigenvalue weighted by molar-refractivity contribution is 0.246. The Kier molecular flexibility index (Phi) is 4.44. The van der Waals surface area contributed by atoms with Gasteiger partial charge in [0.1, 0.15) is 0 Å². The maximum absolute atomic E-state index is 9.42. The summed E-state index contributed by atoms with van der Waals surface area (Å²) in [7, 11) is 0. The molecule has 0 radical (unpaired) electrons. The highest BCUT2D eigenvalue weighted by Crippen LogP contribution is 2.41. The van der Waals surface area contributed by atoms with E-state index in [1.54, 1.807) is 0 Å². The zero-order valence-electron chi connectivity index (χ0n) is 10.5. The van der Waals surface area contributed by atoms with Crippen LogP contribution in [0.1, 0.15) is 47.0 Å². The lowest BCUT2D eigenvalue weighted by Crippen LogP contribution is -2.26. The Labute approximate surface area is 93.9 Å². The minimum absolute atomic E-state index is 0.573. The smallest absolute Gasteiger partial charge is 0.0925 e. The second kappa shape index (κ2) is 5.39. The van der Waals surface area contributed by atoms with E-state index in [9.17, 15) is 5.11 Å². The van der Waals surface area contributed by atoms with Crippen molar-refractivity contribution >= 4 is 0 Å². The lowest BCUT2D eigenvalue weighted by Gasteiger charge is -2.36. The molecular formula is C14H24O. The van der Waals surface area contributed by atoms with Gasteiger partial charge in [0, 0.05) is 6.42 Å². The molecule has 0 spiro atoms. The Morgan fingerprint density at radius 3 is 2.60 bits per heavy atom. The van der Waals surface area contributed by atoms with Crippen molar-refractivity contribution in [3.63, 3.8) is 0 Å². The summed E-state index contributed by atoms with van der Waals surface area (Å²) in [5, 5.41) is 9.42. The molecule has 0 heterocycles. The van der Waals surface area contributed by atoms with Crippen LogP contribution in [0, 0.1) is 17.8 Å². The third-order valence-corrected chi connectivity index (χ3v) is 3.73. The van der Waals surface area contributed by atoms with Crippen molar-refractivity contribution in [3.05, 3.63) is 23.5 Å². The lowest BCUT2D eigenvalue weighted by atomic mass is 9.70. The molecule has 1 heteroatoms. The van der Waals surface area contributed by atoms with E-state index in [1.807, 2.05) is 19.9 Å².